The van der Waals surface area contributed by atoms with Crippen molar-refractivity contribution in [2.75, 3.05) is 19.7 Å². The summed E-state index contributed by atoms with van der Waals surface area (Å²) in [5, 5.41) is 9.16. The lowest BCUT2D eigenvalue weighted by Gasteiger charge is -2.30. The van der Waals surface area contributed by atoms with Crippen LogP contribution < -0.4 is 4.74 Å². The number of furan rings is 1. The van der Waals surface area contributed by atoms with Crippen molar-refractivity contribution in [3.05, 3.63) is 48.2 Å². The highest BCUT2D eigenvalue weighted by molar-refractivity contribution is 5.26. The van der Waals surface area contributed by atoms with Crippen LogP contribution >= 0.6 is 0 Å². The second kappa shape index (κ2) is 6.78. The molecule has 1 N–H and O–H groups in total. The molecular formula is C17H21NO3. The summed E-state index contributed by atoms with van der Waals surface area (Å²) < 4.78 is 11.4. The Morgan fingerprint density at radius 1 is 1.10 bits per heavy atom. The molecule has 2 heterocycles. The van der Waals surface area contributed by atoms with Gasteiger partial charge >= 0.3 is 0 Å². The normalized spacial score (nSPS) is 17.0. The molecule has 1 aliphatic heterocycles. The second-order valence-corrected chi connectivity index (χ2v) is 5.54. The van der Waals surface area contributed by atoms with Gasteiger partial charge in [-0.25, -0.2) is 0 Å². The van der Waals surface area contributed by atoms with Gasteiger partial charge in [-0.15, -0.1) is 0 Å². The van der Waals surface area contributed by atoms with E-state index in [9.17, 15) is 0 Å². The fourth-order valence-corrected chi connectivity index (χ4v) is 2.65. The molecule has 0 spiro atoms. The third kappa shape index (κ3) is 3.86. The number of rotatable bonds is 5. The van der Waals surface area contributed by atoms with Crippen molar-refractivity contribution >= 4 is 0 Å². The Bertz CT molecular complexity index is 544. The monoisotopic (exact) mass is 287 g/mol. The highest BCUT2D eigenvalue weighted by atomic mass is 16.6. The molecule has 4 heteroatoms. The van der Waals surface area contributed by atoms with Gasteiger partial charge in [-0.1, -0.05) is 18.2 Å². The molecular weight excluding hydrogens is 266 g/mol. The van der Waals surface area contributed by atoms with Crippen LogP contribution in [-0.4, -0.2) is 29.7 Å². The number of para-hydroxylation sites is 1. The van der Waals surface area contributed by atoms with E-state index in [1.54, 1.807) is 0 Å². The zero-order valence-electron chi connectivity index (χ0n) is 12.1. The van der Waals surface area contributed by atoms with Crippen LogP contribution in [0.15, 0.2) is 46.9 Å². The van der Waals surface area contributed by atoms with Gasteiger partial charge in [0.2, 0.25) is 0 Å². The molecule has 0 bridgehead atoms. The minimum absolute atomic E-state index is 0.309. The summed E-state index contributed by atoms with van der Waals surface area (Å²) in [7, 11) is 0. The van der Waals surface area contributed by atoms with Gasteiger partial charge in [0.05, 0.1) is 6.54 Å². The summed E-state index contributed by atoms with van der Waals surface area (Å²) in [5.74, 6) is 2.70. The Balaban J connectivity index is 1.53. The zero-order chi connectivity index (χ0) is 14.5. The molecule has 2 aromatic rings. The Kier molecular flexibility index (Phi) is 4.58. The largest absolute Gasteiger partial charge is 0.429 e. The smallest absolute Gasteiger partial charge is 0.290 e. The van der Waals surface area contributed by atoms with Gasteiger partial charge in [-0.05, 0) is 50.0 Å². The Labute approximate surface area is 124 Å². The number of hydrogen-bond donors (Lipinski definition) is 1. The average molecular weight is 287 g/mol. The maximum atomic E-state index is 9.16. The Morgan fingerprint density at radius 2 is 1.86 bits per heavy atom. The highest BCUT2D eigenvalue weighted by Crippen LogP contribution is 2.25. The lowest BCUT2D eigenvalue weighted by atomic mass is 9.98. The first-order chi connectivity index (χ1) is 10.3. The molecule has 0 saturated carbocycles. The van der Waals surface area contributed by atoms with Crippen molar-refractivity contribution in [1.82, 2.24) is 4.90 Å². The van der Waals surface area contributed by atoms with Crippen LogP contribution in [0.25, 0.3) is 0 Å². The number of nitrogens with zero attached hydrogens (tertiary/aromatic N) is 1. The molecule has 1 aromatic heterocycles. The van der Waals surface area contributed by atoms with Crippen LogP contribution in [0.5, 0.6) is 11.7 Å². The van der Waals surface area contributed by atoms with Gasteiger partial charge in [0.15, 0.2) is 0 Å². The van der Waals surface area contributed by atoms with Gasteiger partial charge in [-0.3, -0.25) is 4.90 Å². The predicted octanol–water partition coefficient (Wildman–Crippen LogP) is 3.28. The van der Waals surface area contributed by atoms with E-state index in [0.717, 1.165) is 44.0 Å². The SMILES string of the molecule is OCC1CCN(Cc2ccc(Oc3ccccc3)o2)CC1. The molecule has 3 rings (SSSR count). The molecule has 21 heavy (non-hydrogen) atoms. The van der Waals surface area contributed by atoms with Crippen molar-refractivity contribution in [3.63, 3.8) is 0 Å². The van der Waals surface area contributed by atoms with Crippen molar-refractivity contribution in [3.8, 4) is 11.7 Å². The third-order valence-corrected chi connectivity index (χ3v) is 3.94. The lowest BCUT2D eigenvalue weighted by molar-refractivity contribution is 0.121. The summed E-state index contributed by atoms with van der Waals surface area (Å²) in [6, 6.07) is 13.5. The fourth-order valence-electron chi connectivity index (χ4n) is 2.65. The van der Waals surface area contributed by atoms with Gasteiger partial charge in [0.1, 0.15) is 11.5 Å². The molecule has 0 aliphatic carbocycles. The van der Waals surface area contributed by atoms with E-state index in [2.05, 4.69) is 4.90 Å². The van der Waals surface area contributed by atoms with Gasteiger partial charge in [-0.2, -0.15) is 0 Å². The van der Waals surface area contributed by atoms with Crippen LogP contribution in [0.2, 0.25) is 0 Å². The summed E-state index contributed by atoms with van der Waals surface area (Å²) in [4.78, 5) is 2.36. The minimum atomic E-state index is 0.309. The topological polar surface area (TPSA) is 45.8 Å². The summed E-state index contributed by atoms with van der Waals surface area (Å²) >= 11 is 0. The molecule has 1 fully saturated rings. The Morgan fingerprint density at radius 3 is 2.57 bits per heavy atom. The maximum absolute atomic E-state index is 9.16. The molecule has 0 unspecified atom stereocenters. The third-order valence-electron chi connectivity index (χ3n) is 3.94. The van der Waals surface area contributed by atoms with Crippen molar-refractivity contribution in [2.45, 2.75) is 19.4 Å². The highest BCUT2D eigenvalue weighted by Gasteiger charge is 2.19. The fraction of sp³-hybridized carbons (Fsp3) is 0.412. The first-order valence-electron chi connectivity index (χ1n) is 7.48. The predicted molar refractivity (Wildman–Crippen MR) is 80.3 cm³/mol. The van der Waals surface area contributed by atoms with E-state index in [1.807, 2.05) is 42.5 Å². The minimum Gasteiger partial charge on any atom is -0.429 e. The number of piperidine rings is 1. The van der Waals surface area contributed by atoms with Crippen LogP contribution in [0.3, 0.4) is 0 Å². The quantitative estimate of drug-likeness (QED) is 0.916. The summed E-state index contributed by atoms with van der Waals surface area (Å²) in [5.41, 5.74) is 0. The average Bonchev–Trinajstić information content (AvgIpc) is 2.96. The number of likely N-dealkylation sites (tertiary alicyclic amines) is 1. The molecule has 1 aromatic carbocycles. The summed E-state index contributed by atoms with van der Waals surface area (Å²) in [6.45, 7) is 3.14. The van der Waals surface area contributed by atoms with Gasteiger partial charge in [0, 0.05) is 12.7 Å². The summed E-state index contributed by atoms with van der Waals surface area (Å²) in [6.07, 6.45) is 2.12. The molecule has 0 atom stereocenters. The van der Waals surface area contributed by atoms with Crippen LogP contribution in [0, 0.1) is 5.92 Å². The number of aliphatic hydroxyl groups excluding tert-OH is 1. The van der Waals surface area contributed by atoms with Gasteiger partial charge in [0.25, 0.3) is 5.95 Å². The van der Waals surface area contributed by atoms with E-state index in [1.165, 1.54) is 0 Å². The first kappa shape index (κ1) is 14.2. The van der Waals surface area contributed by atoms with Crippen LogP contribution in [0.1, 0.15) is 18.6 Å². The molecule has 0 radical (unpaired) electrons. The second-order valence-electron chi connectivity index (χ2n) is 5.54. The zero-order valence-corrected chi connectivity index (χ0v) is 12.1. The van der Waals surface area contributed by atoms with E-state index in [-0.39, 0.29) is 0 Å². The number of benzene rings is 1. The number of hydrogen-bond acceptors (Lipinski definition) is 4. The molecule has 1 aliphatic rings. The van der Waals surface area contributed by atoms with E-state index >= 15 is 0 Å². The standard InChI is InChI=1S/C17H21NO3/c19-13-14-8-10-18(11-9-14)12-16-6-7-17(21-16)20-15-4-2-1-3-5-15/h1-7,14,19H,8-13H2. The molecule has 4 nitrogen and oxygen atoms in total. The van der Waals surface area contributed by atoms with Crippen LogP contribution in [0.4, 0.5) is 0 Å². The van der Waals surface area contributed by atoms with Crippen molar-refractivity contribution < 1.29 is 14.3 Å². The van der Waals surface area contributed by atoms with E-state index < -0.39 is 0 Å². The van der Waals surface area contributed by atoms with E-state index in [4.69, 9.17) is 14.3 Å². The molecule has 1 saturated heterocycles. The Hall–Kier alpha value is -1.78. The maximum Gasteiger partial charge on any atom is 0.290 e. The van der Waals surface area contributed by atoms with Gasteiger partial charge < -0.3 is 14.3 Å². The first-order valence-corrected chi connectivity index (χ1v) is 7.48. The van der Waals surface area contributed by atoms with Crippen molar-refractivity contribution in [2.24, 2.45) is 5.92 Å². The number of aliphatic hydroxyl groups is 1. The molecule has 112 valence electrons. The van der Waals surface area contributed by atoms with E-state index in [0.29, 0.717) is 18.5 Å². The van der Waals surface area contributed by atoms with Crippen LogP contribution in [-0.2, 0) is 6.54 Å². The van der Waals surface area contributed by atoms with Crippen molar-refractivity contribution in [1.29, 1.82) is 0 Å². The number of ether oxygens (including phenoxy) is 1. The molecule has 0 amide bonds. The lowest BCUT2D eigenvalue weighted by Crippen LogP contribution is -2.34.